The molecule has 0 spiro atoms. The maximum absolute atomic E-state index is 14.5. The molecule has 0 bridgehead atoms. The van der Waals surface area contributed by atoms with E-state index in [1.54, 1.807) is 30.3 Å². The van der Waals surface area contributed by atoms with Gasteiger partial charge in [0, 0.05) is 23.3 Å². The number of hydrogen-bond donors (Lipinski definition) is 0. The van der Waals surface area contributed by atoms with Gasteiger partial charge in [-0.2, -0.15) is 21.6 Å². The fourth-order valence-corrected chi connectivity index (χ4v) is 7.41. The molecule has 4 aromatic rings. The molecule has 13 nitrogen and oxygen atoms in total. The van der Waals surface area contributed by atoms with E-state index in [-0.39, 0.29) is 35.4 Å². The minimum atomic E-state index is -5.82. The van der Waals surface area contributed by atoms with Crippen LogP contribution in [0.2, 0.25) is 0 Å². The summed E-state index contributed by atoms with van der Waals surface area (Å²) in [6, 6.07) is 11.4. The number of benzene rings is 2. The van der Waals surface area contributed by atoms with Crippen molar-refractivity contribution in [2.75, 3.05) is 35.5 Å². The van der Waals surface area contributed by atoms with Gasteiger partial charge in [-0.15, -0.1) is 0 Å². The quantitative estimate of drug-likeness (QED) is 0.0485. The van der Waals surface area contributed by atoms with E-state index in [2.05, 4.69) is 43.5 Å². The molecule has 2 aliphatic rings. The van der Waals surface area contributed by atoms with Gasteiger partial charge in [-0.25, -0.2) is 33.1 Å². The van der Waals surface area contributed by atoms with E-state index in [0.717, 1.165) is 54.9 Å². The van der Waals surface area contributed by atoms with Gasteiger partial charge < -0.3 is 27.9 Å². The molecule has 0 unspecified atom stereocenters. The van der Waals surface area contributed by atoms with Gasteiger partial charge in [-0.05, 0) is 89.1 Å². The van der Waals surface area contributed by atoms with Crippen LogP contribution >= 0.6 is 0 Å². The molecule has 0 N–H and O–H groups in total. The summed E-state index contributed by atoms with van der Waals surface area (Å²) in [5, 5.41) is 0. The molecule has 0 radical (unpaired) electrons. The first kappa shape index (κ1) is 53.0. The van der Waals surface area contributed by atoms with Crippen molar-refractivity contribution in [1.29, 1.82) is 0 Å². The van der Waals surface area contributed by atoms with Gasteiger partial charge in [0.05, 0.1) is 59.1 Å². The third kappa shape index (κ3) is 12.5. The average molecular weight is 935 g/mol. The van der Waals surface area contributed by atoms with E-state index < -0.39 is 56.3 Å². The van der Waals surface area contributed by atoms with Gasteiger partial charge in [0.15, 0.2) is 11.6 Å². The highest BCUT2D eigenvalue weighted by Crippen LogP contribution is 2.49. The third-order valence-corrected chi connectivity index (χ3v) is 11.3. The van der Waals surface area contributed by atoms with Gasteiger partial charge in [-0.1, -0.05) is 53.3 Å². The van der Waals surface area contributed by atoms with Crippen LogP contribution in [0.1, 0.15) is 103 Å². The number of alkyl halides is 3. The maximum atomic E-state index is 14.5. The van der Waals surface area contributed by atoms with Crippen LogP contribution in [0.3, 0.4) is 0 Å². The molecule has 2 aliphatic carbocycles. The largest absolute Gasteiger partial charge is 0.534 e. The molecule has 0 amide bonds. The van der Waals surface area contributed by atoms with Crippen LogP contribution in [0.15, 0.2) is 73.1 Å². The molecule has 0 aliphatic heterocycles. The zero-order chi connectivity index (χ0) is 47.8. The summed E-state index contributed by atoms with van der Waals surface area (Å²) in [6.45, 7) is 8.06. The molecule has 0 saturated heterocycles. The van der Waals surface area contributed by atoms with Crippen LogP contribution in [0.4, 0.5) is 22.0 Å². The summed E-state index contributed by atoms with van der Waals surface area (Å²) < 4.78 is 116. The smallest absolute Gasteiger partial charge is 0.481 e. The monoisotopic (exact) mass is 934 g/mol. The number of rotatable bonds is 10. The van der Waals surface area contributed by atoms with Crippen molar-refractivity contribution in [2.45, 2.75) is 66.3 Å². The second kappa shape index (κ2) is 21.5. The fraction of sp³-hybridized carbons (Fsp3) is 0.370. The molecule has 2 aromatic carbocycles. The van der Waals surface area contributed by atoms with E-state index in [4.69, 9.17) is 14.2 Å². The Balaban J connectivity index is 0.000000271. The van der Waals surface area contributed by atoms with E-state index in [1.165, 1.54) is 47.7 Å². The molecule has 6 rings (SSSR count). The van der Waals surface area contributed by atoms with Crippen LogP contribution in [-0.4, -0.2) is 77.4 Å². The summed E-state index contributed by atoms with van der Waals surface area (Å²) in [4.78, 5) is 42.2. The first-order chi connectivity index (χ1) is 29.9. The topological polar surface area (TPSA) is 167 Å². The van der Waals surface area contributed by atoms with E-state index in [0.29, 0.717) is 34.6 Å². The Morgan fingerprint density at radius 1 is 0.615 bits per heavy atom. The summed E-state index contributed by atoms with van der Waals surface area (Å²) in [6.07, 6.45) is 9.39. The van der Waals surface area contributed by atoms with Gasteiger partial charge in [0.25, 0.3) is 0 Å². The Kier molecular flexibility index (Phi) is 17.6. The van der Waals surface area contributed by atoms with Gasteiger partial charge >= 0.3 is 33.5 Å². The lowest BCUT2D eigenvalue weighted by Crippen LogP contribution is -2.28. The highest BCUT2D eigenvalue weighted by Gasteiger charge is 2.49. The number of esters is 3. The first-order valence-electron chi connectivity index (χ1n) is 19.3. The molecule has 2 aromatic heterocycles. The minimum Gasteiger partial charge on any atom is -0.481 e. The van der Waals surface area contributed by atoms with Crippen LogP contribution in [0, 0.1) is 22.5 Å². The van der Waals surface area contributed by atoms with Crippen molar-refractivity contribution >= 4 is 39.2 Å². The molecule has 352 valence electrons. The van der Waals surface area contributed by atoms with E-state index >= 15 is 0 Å². The third-order valence-electron chi connectivity index (χ3n) is 10.4. The molecule has 0 fully saturated rings. The van der Waals surface area contributed by atoms with Crippen molar-refractivity contribution < 1.29 is 72.6 Å². The molecule has 0 atom stereocenters. The van der Waals surface area contributed by atoms with E-state index in [9.17, 15) is 44.8 Å². The molecule has 2 heterocycles. The van der Waals surface area contributed by atoms with Gasteiger partial charge in [0.1, 0.15) is 11.4 Å². The summed E-state index contributed by atoms with van der Waals surface area (Å²) in [7, 11) is 0.739. The number of pyridine rings is 2. The lowest BCUT2D eigenvalue weighted by atomic mass is 9.79. The molecular formula is C46H51F5N2O11S. The zero-order valence-corrected chi connectivity index (χ0v) is 37.3. The van der Waals surface area contributed by atoms with E-state index in [1.807, 2.05) is 13.8 Å². The molecule has 65 heavy (non-hydrogen) atoms. The summed E-state index contributed by atoms with van der Waals surface area (Å²) >= 11 is 0. The Hall–Kier alpha value is -6.37. The number of halogens is 5. The number of methoxy groups -OCH3 is 5. The second-order valence-corrected chi connectivity index (χ2v) is 17.0. The van der Waals surface area contributed by atoms with Crippen LogP contribution < -0.4 is 13.7 Å². The normalized spacial score (nSPS) is 14.7. The number of nitrogens with zero attached hydrogens (tertiary/aromatic N) is 2. The predicted octanol–water partition coefficient (Wildman–Crippen LogP) is 10.4. The number of carbonyl (C=O) groups excluding carboxylic acids is 3. The zero-order valence-electron chi connectivity index (χ0n) is 36.4. The average Bonchev–Trinajstić information content (AvgIpc) is 3.81. The van der Waals surface area contributed by atoms with Crippen LogP contribution in [0.25, 0.3) is 22.3 Å². The van der Waals surface area contributed by atoms with Crippen molar-refractivity contribution in [3.05, 3.63) is 113 Å². The van der Waals surface area contributed by atoms with Crippen LogP contribution in [-0.2, 0) is 24.3 Å². The van der Waals surface area contributed by atoms with Crippen molar-refractivity contribution in [2.24, 2.45) is 10.8 Å². The van der Waals surface area contributed by atoms with Crippen molar-refractivity contribution in [1.82, 2.24) is 9.97 Å². The van der Waals surface area contributed by atoms with Gasteiger partial charge in [0.2, 0.25) is 11.8 Å². The molecule has 0 saturated carbocycles. The number of hydrogen-bond acceptors (Lipinski definition) is 13. The molecule has 19 heteroatoms. The highest BCUT2D eigenvalue weighted by molar-refractivity contribution is 7.88. The Morgan fingerprint density at radius 3 is 1.54 bits per heavy atom. The number of aromatic nitrogens is 2. The molecular weight excluding hydrogens is 884 g/mol. The van der Waals surface area contributed by atoms with Crippen molar-refractivity contribution in [3.8, 4) is 28.6 Å². The second-order valence-electron chi connectivity index (χ2n) is 15.4. The van der Waals surface area contributed by atoms with Gasteiger partial charge in [-0.3, -0.25) is 0 Å². The van der Waals surface area contributed by atoms with Crippen LogP contribution in [0.5, 0.6) is 17.5 Å². The first-order valence-corrected chi connectivity index (χ1v) is 20.7. The minimum absolute atomic E-state index is 0. The standard InChI is InChI=1S/C21H22FNO3.C16H17F3O5S.C8H8FNO3.CH4/c1-21(2)9-5-6-17(21)15-10-13(20(24)26-4)7-8-14(15)16-11-19(25-3)23-12-18(16)22;1-15(2)8-4-5-12(15)11-9-10(14(20)23-3)6-7-13(11)24-25(21,22)16(17,18)19;1-12-7-3-5(8(11)13-2)6(9)4-10-7;/h6-8,10-12H,5,9H2,1-4H3;5-7,9H,4,8H2,1-3H3;3-4H,1-2H3;1H4. The van der Waals surface area contributed by atoms with Crippen molar-refractivity contribution in [3.63, 3.8) is 0 Å². The predicted molar refractivity (Wildman–Crippen MR) is 232 cm³/mol. The lowest BCUT2D eigenvalue weighted by Gasteiger charge is -2.25. The number of ether oxygens (including phenoxy) is 5. The number of carbonyl (C=O) groups is 3. The summed E-state index contributed by atoms with van der Waals surface area (Å²) in [5.41, 5.74) is -1.90. The number of allylic oxidation sites excluding steroid dienone is 4. The highest BCUT2D eigenvalue weighted by atomic mass is 32.2. The summed E-state index contributed by atoms with van der Waals surface area (Å²) in [5.74, 6) is -3.00. The fourth-order valence-electron chi connectivity index (χ4n) is 6.93. The Morgan fingerprint density at radius 2 is 1.08 bits per heavy atom. The lowest BCUT2D eigenvalue weighted by molar-refractivity contribution is -0.0500. The SMILES string of the molecule is C.COC(=O)c1cc(OC)ncc1F.COC(=O)c1ccc(-c2cc(OC)ncc2F)c(C2=CCCC2(C)C)c1.COC(=O)c1ccc(OS(=O)(=O)C(F)(F)F)c(C2=CCCC2(C)C)c1. The Bertz CT molecular complexity index is 2570. The Labute approximate surface area is 374 Å². The maximum Gasteiger partial charge on any atom is 0.534 e.